The minimum Gasteiger partial charge on any atom is -0.321 e. The normalized spacial score (nSPS) is 12.5. The van der Waals surface area contributed by atoms with Gasteiger partial charge in [-0.05, 0) is 48.9 Å². The van der Waals surface area contributed by atoms with Crippen molar-refractivity contribution in [3.8, 4) is 0 Å². The molecule has 0 saturated heterocycles. The molecule has 0 aliphatic heterocycles. The molecule has 1 atom stereocenters. The maximum absolute atomic E-state index is 13.4. The fourth-order valence-corrected chi connectivity index (χ4v) is 4.80. The predicted molar refractivity (Wildman–Crippen MR) is 131 cm³/mol. The first kappa shape index (κ1) is 23.7. The predicted octanol–water partition coefficient (Wildman–Crippen LogP) is 4.63. The van der Waals surface area contributed by atoms with Crippen LogP contribution in [-0.4, -0.2) is 24.1 Å². The van der Waals surface area contributed by atoms with E-state index in [0.717, 1.165) is 11.6 Å². The summed E-state index contributed by atoms with van der Waals surface area (Å²) in [5, 5.41) is 7.39. The van der Waals surface area contributed by atoms with Crippen LogP contribution in [0, 0.1) is 5.82 Å². The maximum Gasteiger partial charge on any atom is 0.299 e. The Morgan fingerprint density at radius 1 is 1.06 bits per heavy atom. The molecule has 0 aliphatic rings. The maximum atomic E-state index is 13.4. The molecule has 0 spiro atoms. The van der Waals surface area contributed by atoms with E-state index in [-0.39, 0.29) is 16.4 Å². The van der Waals surface area contributed by atoms with E-state index in [1.165, 1.54) is 22.9 Å². The van der Waals surface area contributed by atoms with Crippen molar-refractivity contribution in [2.45, 2.75) is 13.0 Å². The summed E-state index contributed by atoms with van der Waals surface area (Å²) >= 11 is 5.78. The lowest BCUT2D eigenvalue weighted by Gasteiger charge is -2.15. The minimum atomic E-state index is -3.88. The van der Waals surface area contributed by atoms with Crippen LogP contribution in [0.25, 0.3) is 10.9 Å². The Labute approximate surface area is 200 Å². The third-order valence-corrected chi connectivity index (χ3v) is 6.57. The molecule has 4 rings (SSSR count). The van der Waals surface area contributed by atoms with Crippen LogP contribution in [0.3, 0.4) is 0 Å². The highest BCUT2D eigenvalue weighted by atomic mass is 35.5. The standard InChI is InChI=1S/C23H21ClFN5O3S/c1-14(15-6-4-3-5-7-15)28-34(32,33)29-17-8-10-18-21(13-17)27-30(2)22(18)23(31)26-16-9-11-20(25)19(24)12-16/h3-14,28-29H,1-2H3,(H,26,31)/t14-/m0/s1. The molecule has 0 radical (unpaired) electrons. The van der Waals surface area contributed by atoms with Crippen molar-refractivity contribution >= 4 is 50.0 Å². The zero-order chi connectivity index (χ0) is 24.5. The van der Waals surface area contributed by atoms with Crippen LogP contribution >= 0.6 is 11.6 Å². The van der Waals surface area contributed by atoms with Crippen LogP contribution in [0.5, 0.6) is 0 Å². The first-order valence-electron chi connectivity index (χ1n) is 10.2. The van der Waals surface area contributed by atoms with Gasteiger partial charge in [-0.2, -0.15) is 18.2 Å². The topological polar surface area (TPSA) is 105 Å². The second-order valence-electron chi connectivity index (χ2n) is 7.64. The lowest BCUT2D eigenvalue weighted by Crippen LogP contribution is -2.32. The SMILES string of the molecule is C[C@H](NS(=O)(=O)Nc1ccc2c(C(=O)Nc3ccc(F)c(Cl)c3)n(C)nc2c1)c1ccccc1. The summed E-state index contributed by atoms with van der Waals surface area (Å²) in [4.78, 5) is 12.8. The van der Waals surface area contributed by atoms with Gasteiger partial charge >= 0.3 is 0 Å². The first-order valence-corrected chi connectivity index (χ1v) is 12.1. The number of fused-ring (bicyclic) bond motifs is 1. The number of hydrogen-bond donors (Lipinski definition) is 3. The van der Waals surface area contributed by atoms with Crippen LogP contribution < -0.4 is 14.8 Å². The summed E-state index contributed by atoms with van der Waals surface area (Å²) in [5.74, 6) is -1.06. The number of nitrogens with one attached hydrogen (secondary N) is 3. The number of anilines is 2. The Hall–Kier alpha value is -3.47. The van der Waals surface area contributed by atoms with Gasteiger partial charge in [-0.25, -0.2) is 4.39 Å². The highest BCUT2D eigenvalue weighted by Gasteiger charge is 2.20. The average Bonchev–Trinajstić information content (AvgIpc) is 3.11. The van der Waals surface area contributed by atoms with E-state index in [4.69, 9.17) is 11.6 Å². The number of carbonyl (C=O) groups is 1. The summed E-state index contributed by atoms with van der Waals surface area (Å²) in [6.07, 6.45) is 0. The Kier molecular flexibility index (Phi) is 6.56. The lowest BCUT2D eigenvalue weighted by atomic mass is 10.1. The molecule has 11 heteroatoms. The molecule has 1 amide bonds. The van der Waals surface area contributed by atoms with Gasteiger partial charge in [0.2, 0.25) is 0 Å². The van der Waals surface area contributed by atoms with Crippen molar-refractivity contribution in [2.75, 3.05) is 10.0 Å². The second-order valence-corrected chi connectivity index (χ2v) is 9.50. The van der Waals surface area contributed by atoms with Gasteiger partial charge in [-0.3, -0.25) is 14.2 Å². The molecule has 0 unspecified atom stereocenters. The van der Waals surface area contributed by atoms with E-state index in [0.29, 0.717) is 16.6 Å². The summed E-state index contributed by atoms with van der Waals surface area (Å²) in [5.41, 5.74) is 2.11. The van der Waals surface area contributed by atoms with E-state index < -0.39 is 28.0 Å². The first-order chi connectivity index (χ1) is 16.1. The monoisotopic (exact) mass is 501 g/mol. The fraction of sp³-hybridized carbons (Fsp3) is 0.130. The zero-order valence-corrected chi connectivity index (χ0v) is 19.8. The van der Waals surface area contributed by atoms with Crippen molar-refractivity contribution in [1.29, 1.82) is 0 Å². The molecule has 3 N–H and O–H groups in total. The molecule has 0 saturated carbocycles. The smallest absolute Gasteiger partial charge is 0.299 e. The number of halogens is 2. The highest BCUT2D eigenvalue weighted by molar-refractivity contribution is 7.90. The second kappa shape index (κ2) is 9.41. The van der Waals surface area contributed by atoms with Crippen LogP contribution in [0.2, 0.25) is 5.02 Å². The lowest BCUT2D eigenvalue weighted by molar-refractivity contribution is 0.101. The molecule has 1 heterocycles. The molecule has 0 fully saturated rings. The molecule has 0 aliphatic carbocycles. The summed E-state index contributed by atoms with van der Waals surface area (Å²) in [7, 11) is -2.28. The van der Waals surface area contributed by atoms with Crippen LogP contribution in [-0.2, 0) is 17.3 Å². The Morgan fingerprint density at radius 3 is 2.47 bits per heavy atom. The van der Waals surface area contributed by atoms with E-state index in [1.807, 2.05) is 30.3 Å². The molecule has 4 aromatic rings. The molecule has 3 aromatic carbocycles. The van der Waals surface area contributed by atoms with E-state index in [9.17, 15) is 17.6 Å². The van der Waals surface area contributed by atoms with Crippen molar-refractivity contribution in [3.05, 3.63) is 88.8 Å². The fourth-order valence-electron chi connectivity index (χ4n) is 3.52. The number of amides is 1. The molecular weight excluding hydrogens is 481 g/mol. The van der Waals surface area contributed by atoms with Gasteiger partial charge in [0, 0.05) is 24.2 Å². The van der Waals surface area contributed by atoms with Gasteiger partial charge in [-0.1, -0.05) is 41.9 Å². The average molecular weight is 502 g/mol. The summed E-state index contributed by atoms with van der Waals surface area (Å²) in [6.45, 7) is 1.75. The number of benzene rings is 3. The number of rotatable bonds is 7. The van der Waals surface area contributed by atoms with E-state index in [2.05, 4.69) is 19.9 Å². The van der Waals surface area contributed by atoms with Crippen molar-refractivity contribution in [3.63, 3.8) is 0 Å². The Bertz CT molecular complexity index is 1470. The highest BCUT2D eigenvalue weighted by Crippen LogP contribution is 2.25. The number of carbonyl (C=O) groups excluding carboxylic acids is 1. The molecule has 34 heavy (non-hydrogen) atoms. The molecule has 1 aromatic heterocycles. The largest absolute Gasteiger partial charge is 0.321 e. The number of nitrogens with zero attached hydrogens (tertiary/aromatic N) is 2. The third kappa shape index (κ3) is 5.19. The Morgan fingerprint density at radius 2 is 1.76 bits per heavy atom. The van der Waals surface area contributed by atoms with Gasteiger partial charge < -0.3 is 5.32 Å². The number of hydrogen-bond acceptors (Lipinski definition) is 4. The van der Waals surface area contributed by atoms with Crippen molar-refractivity contribution in [1.82, 2.24) is 14.5 Å². The minimum absolute atomic E-state index is 0.111. The molecule has 0 bridgehead atoms. The van der Waals surface area contributed by atoms with Crippen LogP contribution in [0.15, 0.2) is 66.7 Å². The van der Waals surface area contributed by atoms with Crippen molar-refractivity contribution < 1.29 is 17.6 Å². The van der Waals surface area contributed by atoms with Crippen LogP contribution in [0.1, 0.15) is 29.0 Å². The number of aryl methyl sites for hydroxylation is 1. The van der Waals surface area contributed by atoms with E-state index >= 15 is 0 Å². The van der Waals surface area contributed by atoms with Crippen molar-refractivity contribution in [2.24, 2.45) is 7.05 Å². The quantitative estimate of drug-likeness (QED) is 0.343. The van der Waals surface area contributed by atoms with Gasteiger partial charge in [-0.15, -0.1) is 0 Å². The number of aromatic nitrogens is 2. The summed E-state index contributed by atoms with van der Waals surface area (Å²) < 4.78 is 45.0. The van der Waals surface area contributed by atoms with E-state index in [1.54, 1.807) is 26.1 Å². The molecule has 176 valence electrons. The zero-order valence-electron chi connectivity index (χ0n) is 18.2. The van der Waals surface area contributed by atoms with Gasteiger partial charge in [0.1, 0.15) is 11.5 Å². The van der Waals surface area contributed by atoms with Gasteiger partial charge in [0.25, 0.3) is 16.1 Å². The molecule has 8 nitrogen and oxygen atoms in total. The van der Waals surface area contributed by atoms with Gasteiger partial charge in [0.05, 0.1) is 16.2 Å². The Balaban J connectivity index is 1.53. The molecular formula is C23H21ClFN5O3S. The van der Waals surface area contributed by atoms with Crippen LogP contribution in [0.4, 0.5) is 15.8 Å². The van der Waals surface area contributed by atoms with Gasteiger partial charge in [0.15, 0.2) is 0 Å². The third-order valence-electron chi connectivity index (χ3n) is 5.11. The summed E-state index contributed by atoms with van der Waals surface area (Å²) in [6, 6.07) is 17.3.